The summed E-state index contributed by atoms with van der Waals surface area (Å²) in [6, 6.07) is 3.01. The van der Waals surface area contributed by atoms with Gasteiger partial charge in [-0.1, -0.05) is 0 Å². The van der Waals surface area contributed by atoms with Crippen molar-refractivity contribution in [3.05, 3.63) is 59.9 Å². The van der Waals surface area contributed by atoms with Gasteiger partial charge in [0.2, 0.25) is 5.78 Å². The zero-order valence-corrected chi connectivity index (χ0v) is 15.9. The topological polar surface area (TPSA) is 90.0 Å². The maximum Gasteiger partial charge on any atom is 0.433 e. The monoisotopic (exact) mass is 455 g/mol. The van der Waals surface area contributed by atoms with Gasteiger partial charge in [0.25, 0.3) is 5.91 Å². The van der Waals surface area contributed by atoms with Crippen LogP contribution < -0.4 is 5.32 Å². The number of aromatic nitrogens is 6. The summed E-state index contributed by atoms with van der Waals surface area (Å²) in [5.41, 5.74) is -4.61. The van der Waals surface area contributed by atoms with E-state index in [1.54, 1.807) is 0 Å². The van der Waals surface area contributed by atoms with E-state index in [-0.39, 0.29) is 17.2 Å². The standard InChI is InChI=1S/C18H11F6N7O/c1-30-14(15(32)28-9-3-5-25-11(7-9)17(19,20)21)12(18(22,23)24)13(29-30)10-8-27-16-26-4-2-6-31(10)16/h2-8H,1H3,(H,25,28,32). The van der Waals surface area contributed by atoms with Crippen LogP contribution in [-0.2, 0) is 19.4 Å². The second kappa shape index (κ2) is 7.32. The molecule has 0 aromatic carbocycles. The van der Waals surface area contributed by atoms with Gasteiger partial charge in [0.15, 0.2) is 0 Å². The highest BCUT2D eigenvalue weighted by atomic mass is 19.4. The molecule has 0 unspecified atom stereocenters. The number of nitrogens with one attached hydrogen (secondary N) is 1. The molecule has 4 heterocycles. The summed E-state index contributed by atoms with van der Waals surface area (Å²) in [6.07, 6.45) is -5.08. The molecule has 8 nitrogen and oxygen atoms in total. The fourth-order valence-electron chi connectivity index (χ4n) is 3.09. The lowest BCUT2D eigenvalue weighted by atomic mass is 10.1. The summed E-state index contributed by atoms with van der Waals surface area (Å²) in [6.45, 7) is 0. The highest BCUT2D eigenvalue weighted by Gasteiger charge is 2.43. The van der Waals surface area contributed by atoms with E-state index in [0.717, 1.165) is 25.5 Å². The van der Waals surface area contributed by atoms with Crippen LogP contribution in [0.5, 0.6) is 0 Å². The van der Waals surface area contributed by atoms with Crippen molar-refractivity contribution in [3.8, 4) is 11.4 Å². The van der Waals surface area contributed by atoms with Gasteiger partial charge < -0.3 is 5.32 Å². The molecule has 0 saturated carbocycles. The molecule has 0 aliphatic carbocycles. The molecule has 0 fully saturated rings. The third-order valence-electron chi connectivity index (χ3n) is 4.39. The zero-order chi connectivity index (χ0) is 23.3. The first-order valence-electron chi connectivity index (χ1n) is 8.74. The molecule has 1 amide bonds. The van der Waals surface area contributed by atoms with E-state index in [9.17, 15) is 31.1 Å². The normalized spacial score (nSPS) is 12.3. The molecule has 4 aromatic heterocycles. The van der Waals surface area contributed by atoms with Crippen LogP contribution in [0.25, 0.3) is 17.2 Å². The molecule has 1 N–H and O–H groups in total. The second-order valence-electron chi connectivity index (χ2n) is 6.51. The van der Waals surface area contributed by atoms with Crippen LogP contribution in [0.1, 0.15) is 21.7 Å². The Morgan fingerprint density at radius 1 is 1.03 bits per heavy atom. The molecule has 4 aromatic rings. The van der Waals surface area contributed by atoms with Gasteiger partial charge in [0, 0.05) is 31.3 Å². The Balaban J connectivity index is 1.81. The first-order valence-corrected chi connectivity index (χ1v) is 8.74. The lowest BCUT2D eigenvalue weighted by Crippen LogP contribution is -2.21. The minimum atomic E-state index is -5.02. The minimum Gasteiger partial charge on any atom is -0.321 e. The van der Waals surface area contributed by atoms with Crippen molar-refractivity contribution in [1.82, 2.24) is 29.1 Å². The van der Waals surface area contributed by atoms with Crippen LogP contribution in [0, 0.1) is 0 Å². The van der Waals surface area contributed by atoms with Crippen LogP contribution in [-0.4, -0.2) is 35.0 Å². The summed E-state index contributed by atoms with van der Waals surface area (Å²) in [5.74, 6) is -1.19. The molecule has 0 atom stereocenters. The zero-order valence-electron chi connectivity index (χ0n) is 15.9. The summed E-state index contributed by atoms with van der Waals surface area (Å²) in [5, 5.41) is 5.89. The molecule has 0 bridgehead atoms. The fraction of sp³-hybridized carbons (Fsp3) is 0.167. The van der Waals surface area contributed by atoms with Crippen LogP contribution in [0.4, 0.5) is 32.0 Å². The number of anilines is 1. The average molecular weight is 455 g/mol. The van der Waals surface area contributed by atoms with E-state index in [1.807, 2.05) is 5.32 Å². The van der Waals surface area contributed by atoms with E-state index in [4.69, 9.17) is 0 Å². The molecule has 0 saturated heterocycles. The SMILES string of the molecule is Cn1nc(-c2cnc3ncccn23)c(C(F)(F)F)c1C(=O)Nc1ccnc(C(F)(F)F)c1. The Morgan fingerprint density at radius 3 is 2.47 bits per heavy atom. The van der Waals surface area contributed by atoms with Crippen molar-refractivity contribution in [2.75, 3.05) is 5.32 Å². The summed E-state index contributed by atoms with van der Waals surface area (Å²) in [4.78, 5) is 23.7. The molecule has 166 valence electrons. The number of carbonyl (C=O) groups is 1. The van der Waals surface area contributed by atoms with E-state index in [2.05, 4.69) is 20.1 Å². The number of alkyl halides is 6. The first kappa shape index (κ1) is 21.3. The number of pyridine rings is 1. The van der Waals surface area contributed by atoms with Crippen molar-refractivity contribution >= 4 is 17.4 Å². The number of hydrogen-bond donors (Lipinski definition) is 1. The lowest BCUT2D eigenvalue weighted by Gasteiger charge is -2.12. The maximum atomic E-state index is 14.0. The van der Waals surface area contributed by atoms with Gasteiger partial charge in [-0.3, -0.25) is 18.9 Å². The largest absolute Gasteiger partial charge is 0.433 e. The Morgan fingerprint density at radius 2 is 1.78 bits per heavy atom. The number of nitrogens with zero attached hydrogens (tertiary/aromatic N) is 6. The Bertz CT molecular complexity index is 1320. The van der Waals surface area contributed by atoms with Gasteiger partial charge in [-0.25, -0.2) is 9.97 Å². The van der Waals surface area contributed by atoms with E-state index < -0.39 is 40.9 Å². The third-order valence-corrected chi connectivity index (χ3v) is 4.39. The molecule has 14 heteroatoms. The summed E-state index contributed by atoms with van der Waals surface area (Å²) < 4.78 is 82.5. The number of rotatable bonds is 3. The number of carbonyl (C=O) groups excluding carboxylic acids is 1. The molecule has 0 radical (unpaired) electrons. The summed E-state index contributed by atoms with van der Waals surface area (Å²) >= 11 is 0. The van der Waals surface area contributed by atoms with E-state index in [1.165, 1.54) is 22.9 Å². The molecule has 0 aliphatic heterocycles. The van der Waals surface area contributed by atoms with Gasteiger partial charge in [-0.05, 0) is 18.2 Å². The van der Waals surface area contributed by atoms with Crippen LogP contribution in [0.3, 0.4) is 0 Å². The number of hydrogen-bond acceptors (Lipinski definition) is 5. The van der Waals surface area contributed by atoms with E-state index >= 15 is 0 Å². The number of fused-ring (bicyclic) bond motifs is 1. The molecular formula is C18H11F6N7O. The van der Waals surface area contributed by atoms with Crippen molar-refractivity contribution in [3.63, 3.8) is 0 Å². The highest BCUT2D eigenvalue weighted by molar-refractivity contribution is 6.05. The average Bonchev–Trinajstić information content (AvgIpc) is 3.28. The Labute approximate surface area is 174 Å². The van der Waals surface area contributed by atoms with Crippen LogP contribution in [0.2, 0.25) is 0 Å². The number of aryl methyl sites for hydroxylation is 1. The van der Waals surface area contributed by atoms with Gasteiger partial charge in [-0.2, -0.15) is 31.4 Å². The molecule has 4 rings (SSSR count). The fourth-order valence-corrected chi connectivity index (χ4v) is 3.09. The van der Waals surface area contributed by atoms with Crippen molar-refractivity contribution in [2.45, 2.75) is 12.4 Å². The lowest BCUT2D eigenvalue weighted by molar-refractivity contribution is -0.141. The van der Waals surface area contributed by atoms with Crippen LogP contribution >= 0.6 is 0 Å². The number of halogens is 6. The molecular weight excluding hydrogens is 444 g/mol. The predicted octanol–water partition coefficient (Wildman–Crippen LogP) is 3.81. The van der Waals surface area contributed by atoms with Gasteiger partial charge >= 0.3 is 12.4 Å². The maximum absolute atomic E-state index is 14.0. The molecule has 32 heavy (non-hydrogen) atoms. The van der Waals surface area contributed by atoms with Gasteiger partial charge in [0.05, 0.1) is 11.9 Å². The minimum absolute atomic E-state index is 0.0710. The van der Waals surface area contributed by atoms with Crippen LogP contribution in [0.15, 0.2) is 43.0 Å². The number of amides is 1. The second-order valence-corrected chi connectivity index (χ2v) is 6.51. The van der Waals surface area contributed by atoms with Gasteiger partial charge in [-0.15, -0.1) is 0 Å². The number of imidazole rings is 1. The van der Waals surface area contributed by atoms with Crippen molar-refractivity contribution in [1.29, 1.82) is 0 Å². The van der Waals surface area contributed by atoms with Gasteiger partial charge in [0.1, 0.15) is 22.6 Å². The quantitative estimate of drug-likeness (QED) is 0.475. The summed E-state index contributed by atoms with van der Waals surface area (Å²) in [7, 11) is 1.11. The Hall–Kier alpha value is -3.97. The third kappa shape index (κ3) is 3.74. The van der Waals surface area contributed by atoms with Crippen molar-refractivity contribution in [2.24, 2.45) is 7.05 Å². The highest BCUT2D eigenvalue weighted by Crippen LogP contribution is 2.39. The smallest absolute Gasteiger partial charge is 0.321 e. The first-order chi connectivity index (χ1) is 15.0. The Kier molecular flexibility index (Phi) is 4.86. The molecule has 0 aliphatic rings. The molecule has 0 spiro atoms. The van der Waals surface area contributed by atoms with E-state index in [0.29, 0.717) is 10.7 Å². The predicted molar refractivity (Wildman–Crippen MR) is 97.4 cm³/mol. The van der Waals surface area contributed by atoms with Crippen molar-refractivity contribution < 1.29 is 31.1 Å².